The first-order chi connectivity index (χ1) is 9.99. The number of benzene rings is 1. The van der Waals surface area contributed by atoms with Crippen LogP contribution < -0.4 is 4.74 Å². The smallest absolute Gasteiger partial charge is 0.263 e. The molecule has 1 saturated carbocycles. The van der Waals surface area contributed by atoms with Crippen molar-refractivity contribution in [3.63, 3.8) is 0 Å². The van der Waals surface area contributed by atoms with Gasteiger partial charge >= 0.3 is 0 Å². The highest BCUT2D eigenvalue weighted by Crippen LogP contribution is 2.29. The van der Waals surface area contributed by atoms with E-state index in [2.05, 4.69) is 0 Å². The summed E-state index contributed by atoms with van der Waals surface area (Å²) >= 11 is 11.9. The van der Waals surface area contributed by atoms with Gasteiger partial charge in [-0.05, 0) is 38.0 Å². The third kappa shape index (κ3) is 4.27. The Morgan fingerprint density at radius 1 is 1.29 bits per heavy atom. The third-order valence-electron chi connectivity index (χ3n) is 4.02. The van der Waals surface area contributed by atoms with Crippen LogP contribution in [0.15, 0.2) is 18.2 Å². The summed E-state index contributed by atoms with van der Waals surface area (Å²) in [7, 11) is 1.86. The number of ether oxygens (including phenoxy) is 1. The second-order valence-corrected chi connectivity index (χ2v) is 6.42. The van der Waals surface area contributed by atoms with E-state index in [-0.39, 0.29) is 5.91 Å². The fourth-order valence-electron chi connectivity index (χ4n) is 2.75. The van der Waals surface area contributed by atoms with Gasteiger partial charge in [-0.2, -0.15) is 0 Å². The van der Waals surface area contributed by atoms with Crippen molar-refractivity contribution >= 4 is 29.1 Å². The molecular formula is C16H21Cl2NO2. The molecule has 1 aromatic carbocycles. The van der Waals surface area contributed by atoms with E-state index in [1.807, 2.05) is 11.9 Å². The van der Waals surface area contributed by atoms with Gasteiger partial charge in [0.05, 0.1) is 5.02 Å². The predicted octanol–water partition coefficient (Wildman–Crippen LogP) is 4.55. The summed E-state index contributed by atoms with van der Waals surface area (Å²) in [6.45, 7) is 1.76. The number of likely N-dealkylation sites (N-methyl/N-ethyl adjacent to an activating group) is 1. The second kappa shape index (κ2) is 7.37. The second-order valence-electron chi connectivity index (χ2n) is 5.58. The molecule has 0 spiro atoms. The molecule has 1 amide bonds. The maximum absolute atomic E-state index is 12.5. The summed E-state index contributed by atoms with van der Waals surface area (Å²) in [5.41, 5.74) is 0. The number of hydrogen-bond donors (Lipinski definition) is 0. The highest BCUT2D eigenvalue weighted by Gasteiger charge is 2.26. The van der Waals surface area contributed by atoms with Crippen molar-refractivity contribution in [2.24, 2.45) is 0 Å². The first-order valence-corrected chi connectivity index (χ1v) is 8.13. The molecule has 0 N–H and O–H groups in total. The minimum absolute atomic E-state index is 0.00656. The molecule has 1 aromatic rings. The summed E-state index contributed by atoms with van der Waals surface area (Å²) in [6.07, 6.45) is 5.26. The Morgan fingerprint density at radius 2 is 1.95 bits per heavy atom. The van der Waals surface area contributed by atoms with Crippen LogP contribution in [0, 0.1) is 0 Å². The largest absolute Gasteiger partial charge is 0.479 e. The van der Waals surface area contributed by atoms with Crippen molar-refractivity contribution in [3.05, 3.63) is 28.2 Å². The van der Waals surface area contributed by atoms with Crippen molar-refractivity contribution in [2.45, 2.75) is 51.2 Å². The monoisotopic (exact) mass is 329 g/mol. The van der Waals surface area contributed by atoms with Gasteiger partial charge in [0.1, 0.15) is 5.75 Å². The quantitative estimate of drug-likeness (QED) is 0.810. The van der Waals surface area contributed by atoms with E-state index in [1.54, 1.807) is 25.1 Å². The summed E-state index contributed by atoms with van der Waals surface area (Å²) in [5.74, 6) is 0.479. The number of hydrogen-bond acceptors (Lipinski definition) is 2. The maximum Gasteiger partial charge on any atom is 0.263 e. The first kappa shape index (κ1) is 16.4. The van der Waals surface area contributed by atoms with Crippen LogP contribution in [-0.2, 0) is 4.79 Å². The highest BCUT2D eigenvalue weighted by atomic mass is 35.5. The van der Waals surface area contributed by atoms with Crippen LogP contribution in [0.4, 0.5) is 0 Å². The van der Waals surface area contributed by atoms with E-state index in [9.17, 15) is 4.79 Å². The molecule has 0 heterocycles. The van der Waals surface area contributed by atoms with E-state index in [1.165, 1.54) is 19.3 Å². The Morgan fingerprint density at radius 3 is 2.57 bits per heavy atom. The van der Waals surface area contributed by atoms with Crippen LogP contribution in [-0.4, -0.2) is 30.0 Å². The zero-order valence-electron chi connectivity index (χ0n) is 12.4. The molecule has 21 heavy (non-hydrogen) atoms. The molecule has 5 heteroatoms. The van der Waals surface area contributed by atoms with E-state index in [4.69, 9.17) is 27.9 Å². The lowest BCUT2D eigenvalue weighted by molar-refractivity contribution is -0.139. The van der Waals surface area contributed by atoms with Crippen molar-refractivity contribution in [1.29, 1.82) is 0 Å². The van der Waals surface area contributed by atoms with Crippen LogP contribution in [0.5, 0.6) is 5.75 Å². The number of nitrogens with zero attached hydrogens (tertiary/aromatic N) is 1. The Kier molecular flexibility index (Phi) is 5.77. The lowest BCUT2D eigenvalue weighted by atomic mass is 9.94. The molecule has 0 radical (unpaired) electrons. The number of rotatable bonds is 4. The van der Waals surface area contributed by atoms with Gasteiger partial charge in [0.15, 0.2) is 6.10 Å². The maximum atomic E-state index is 12.5. The number of amides is 1. The van der Waals surface area contributed by atoms with Crippen LogP contribution in [0.1, 0.15) is 39.0 Å². The average Bonchev–Trinajstić information content (AvgIpc) is 2.49. The minimum atomic E-state index is -0.560. The van der Waals surface area contributed by atoms with Gasteiger partial charge in [0.2, 0.25) is 0 Å². The van der Waals surface area contributed by atoms with Gasteiger partial charge in [-0.15, -0.1) is 0 Å². The van der Waals surface area contributed by atoms with Crippen molar-refractivity contribution in [1.82, 2.24) is 4.90 Å². The molecule has 1 aliphatic carbocycles. The van der Waals surface area contributed by atoms with Gasteiger partial charge in [-0.25, -0.2) is 0 Å². The minimum Gasteiger partial charge on any atom is -0.479 e. The van der Waals surface area contributed by atoms with Crippen LogP contribution in [0.3, 0.4) is 0 Å². The molecule has 0 saturated heterocycles. The van der Waals surface area contributed by atoms with Gasteiger partial charge in [-0.3, -0.25) is 4.79 Å². The molecule has 116 valence electrons. The fraction of sp³-hybridized carbons (Fsp3) is 0.562. The molecule has 0 aromatic heterocycles. The zero-order chi connectivity index (χ0) is 15.4. The number of carbonyl (C=O) groups excluding carboxylic acids is 1. The van der Waals surface area contributed by atoms with E-state index >= 15 is 0 Å². The van der Waals surface area contributed by atoms with Crippen LogP contribution in [0.25, 0.3) is 0 Å². The van der Waals surface area contributed by atoms with Gasteiger partial charge in [0, 0.05) is 18.1 Å². The van der Waals surface area contributed by atoms with Crippen molar-refractivity contribution in [2.75, 3.05) is 7.05 Å². The molecular weight excluding hydrogens is 309 g/mol. The Hall–Kier alpha value is -0.930. The topological polar surface area (TPSA) is 29.5 Å². The van der Waals surface area contributed by atoms with Crippen molar-refractivity contribution < 1.29 is 9.53 Å². The van der Waals surface area contributed by atoms with E-state index in [0.29, 0.717) is 21.8 Å². The lowest BCUT2D eigenvalue weighted by Gasteiger charge is -2.33. The SMILES string of the molecule is CC(Oc1ccc(Cl)cc1Cl)C(=O)N(C)C1CCCCC1. The standard InChI is InChI=1S/C16H21Cl2NO2/c1-11(21-15-9-8-12(17)10-14(15)18)16(20)19(2)13-6-4-3-5-7-13/h8-11,13H,3-7H2,1-2H3. The van der Waals surface area contributed by atoms with Crippen molar-refractivity contribution in [3.8, 4) is 5.75 Å². The summed E-state index contributed by atoms with van der Waals surface area (Å²) < 4.78 is 5.69. The normalized spacial score (nSPS) is 17.3. The molecule has 0 bridgehead atoms. The van der Waals surface area contributed by atoms with E-state index < -0.39 is 6.10 Å². The molecule has 1 aliphatic rings. The Bertz CT molecular complexity index is 501. The lowest BCUT2D eigenvalue weighted by Crippen LogP contribution is -2.44. The fourth-order valence-corrected chi connectivity index (χ4v) is 3.20. The summed E-state index contributed by atoms with van der Waals surface area (Å²) in [6, 6.07) is 5.33. The van der Waals surface area contributed by atoms with E-state index in [0.717, 1.165) is 12.8 Å². The molecule has 0 aliphatic heterocycles. The van der Waals surface area contributed by atoms with Gasteiger partial charge in [-0.1, -0.05) is 42.5 Å². The highest BCUT2D eigenvalue weighted by molar-refractivity contribution is 6.35. The van der Waals surface area contributed by atoms with Crippen LogP contribution in [0.2, 0.25) is 10.0 Å². The van der Waals surface area contributed by atoms with Gasteiger partial charge < -0.3 is 9.64 Å². The summed E-state index contributed by atoms with van der Waals surface area (Å²) in [5, 5.41) is 0.966. The molecule has 3 nitrogen and oxygen atoms in total. The molecule has 1 unspecified atom stereocenters. The zero-order valence-corrected chi connectivity index (χ0v) is 14.0. The third-order valence-corrected chi connectivity index (χ3v) is 4.55. The summed E-state index contributed by atoms with van der Waals surface area (Å²) in [4.78, 5) is 14.3. The molecule has 1 fully saturated rings. The number of halogens is 2. The Labute approximate surface area is 136 Å². The predicted molar refractivity (Wildman–Crippen MR) is 86.2 cm³/mol. The van der Waals surface area contributed by atoms with Crippen LogP contribution >= 0.6 is 23.2 Å². The molecule has 2 rings (SSSR count). The van der Waals surface area contributed by atoms with Gasteiger partial charge in [0.25, 0.3) is 5.91 Å². The molecule has 1 atom stereocenters. The Balaban J connectivity index is 1.98. The first-order valence-electron chi connectivity index (χ1n) is 7.37. The number of carbonyl (C=O) groups is 1. The average molecular weight is 330 g/mol.